The molecule has 39 heavy (non-hydrogen) atoms. The Morgan fingerprint density at radius 3 is 2.51 bits per heavy atom. The van der Waals surface area contributed by atoms with Crippen molar-refractivity contribution in [1.29, 1.82) is 0 Å². The quantitative estimate of drug-likeness (QED) is 0.435. The smallest absolute Gasteiger partial charge is 0.254 e. The van der Waals surface area contributed by atoms with Crippen molar-refractivity contribution in [3.8, 4) is 11.5 Å². The Hall–Kier alpha value is -3.55. The van der Waals surface area contributed by atoms with E-state index in [2.05, 4.69) is 17.0 Å². The zero-order chi connectivity index (χ0) is 26.9. The van der Waals surface area contributed by atoms with E-state index in [1.54, 1.807) is 25.1 Å². The number of para-hydroxylation sites is 1. The first-order valence-corrected chi connectivity index (χ1v) is 13.9. The van der Waals surface area contributed by atoms with Crippen molar-refractivity contribution < 1.29 is 19.1 Å². The van der Waals surface area contributed by atoms with Crippen molar-refractivity contribution in [2.75, 3.05) is 24.8 Å². The van der Waals surface area contributed by atoms with Crippen LogP contribution in [0.5, 0.6) is 11.5 Å². The molecule has 2 bridgehead atoms. The Bertz CT molecular complexity index is 1380. The van der Waals surface area contributed by atoms with E-state index in [1.165, 1.54) is 5.56 Å². The normalized spacial score (nSPS) is 20.9. The number of ether oxygens (including phenoxy) is 2. The van der Waals surface area contributed by atoms with Gasteiger partial charge >= 0.3 is 0 Å². The molecule has 2 atom stereocenters. The summed E-state index contributed by atoms with van der Waals surface area (Å²) in [5, 5.41) is 0.717. The summed E-state index contributed by atoms with van der Waals surface area (Å²) < 4.78 is 11.0. The molecule has 0 spiro atoms. The van der Waals surface area contributed by atoms with Gasteiger partial charge in [0.15, 0.2) is 11.5 Å². The van der Waals surface area contributed by atoms with Crippen LogP contribution in [0.1, 0.15) is 47.7 Å². The van der Waals surface area contributed by atoms with Gasteiger partial charge in [-0.15, -0.1) is 0 Å². The van der Waals surface area contributed by atoms with Crippen LogP contribution in [0.4, 0.5) is 5.69 Å². The Balaban J connectivity index is 1.37. The van der Waals surface area contributed by atoms with Gasteiger partial charge in [-0.1, -0.05) is 41.9 Å². The molecule has 7 nitrogen and oxygen atoms in total. The van der Waals surface area contributed by atoms with Gasteiger partial charge in [-0.3, -0.25) is 14.5 Å². The van der Waals surface area contributed by atoms with Crippen molar-refractivity contribution in [3.05, 3.63) is 88.4 Å². The predicted octanol–water partition coefficient (Wildman–Crippen LogP) is 5.50. The minimum Gasteiger partial charge on any atom is -0.454 e. The van der Waals surface area contributed by atoms with Gasteiger partial charge in [-0.25, -0.2) is 0 Å². The molecule has 3 heterocycles. The van der Waals surface area contributed by atoms with Crippen LogP contribution >= 0.6 is 11.6 Å². The maximum absolute atomic E-state index is 14.1. The Morgan fingerprint density at radius 1 is 0.923 bits per heavy atom. The molecule has 3 aromatic rings. The minimum absolute atomic E-state index is 0.00847. The fraction of sp³-hybridized carbons (Fsp3) is 0.355. The van der Waals surface area contributed by atoms with E-state index in [4.69, 9.17) is 21.1 Å². The van der Waals surface area contributed by atoms with Crippen LogP contribution in [0.15, 0.2) is 66.7 Å². The number of amides is 2. The van der Waals surface area contributed by atoms with Crippen molar-refractivity contribution in [3.63, 3.8) is 0 Å². The molecule has 0 radical (unpaired) electrons. The molecule has 6 rings (SSSR count). The summed E-state index contributed by atoms with van der Waals surface area (Å²) in [6, 6.07) is 21.8. The third-order valence-corrected chi connectivity index (χ3v) is 8.35. The third kappa shape index (κ3) is 5.34. The van der Waals surface area contributed by atoms with E-state index >= 15 is 0 Å². The van der Waals surface area contributed by atoms with Crippen molar-refractivity contribution in [2.24, 2.45) is 0 Å². The number of anilines is 1. The topological polar surface area (TPSA) is 62.3 Å². The van der Waals surface area contributed by atoms with E-state index in [1.807, 2.05) is 46.2 Å². The first-order valence-electron chi connectivity index (χ1n) is 13.5. The Labute approximate surface area is 233 Å². The van der Waals surface area contributed by atoms with Crippen LogP contribution in [-0.2, 0) is 17.9 Å². The molecule has 202 valence electrons. The summed E-state index contributed by atoms with van der Waals surface area (Å²) in [5.41, 5.74) is 3.58. The monoisotopic (exact) mass is 545 g/mol. The summed E-state index contributed by atoms with van der Waals surface area (Å²) in [5.74, 6) is 1.19. The summed E-state index contributed by atoms with van der Waals surface area (Å²) in [4.78, 5) is 33.3. The average Bonchev–Trinajstić information content (AvgIpc) is 3.55. The van der Waals surface area contributed by atoms with Crippen molar-refractivity contribution in [1.82, 2.24) is 9.80 Å². The molecule has 0 aliphatic carbocycles. The number of benzene rings is 3. The van der Waals surface area contributed by atoms with Crippen molar-refractivity contribution >= 4 is 29.1 Å². The van der Waals surface area contributed by atoms with Gasteiger partial charge in [0.2, 0.25) is 12.7 Å². The van der Waals surface area contributed by atoms with Crippen LogP contribution < -0.4 is 14.4 Å². The fourth-order valence-electron chi connectivity index (χ4n) is 6.10. The van der Waals surface area contributed by atoms with E-state index in [9.17, 15) is 9.59 Å². The van der Waals surface area contributed by atoms with Crippen LogP contribution in [0.2, 0.25) is 5.02 Å². The maximum atomic E-state index is 14.1. The molecule has 0 unspecified atom stereocenters. The third-order valence-electron chi connectivity index (χ3n) is 8.10. The first kappa shape index (κ1) is 25.7. The van der Waals surface area contributed by atoms with E-state index < -0.39 is 0 Å². The van der Waals surface area contributed by atoms with Gasteiger partial charge in [-0.05, 0) is 66.8 Å². The molecule has 0 aromatic heterocycles. The van der Waals surface area contributed by atoms with Crippen LogP contribution in [0, 0.1) is 0 Å². The molecule has 1 fully saturated rings. The standard InChI is InChI=1S/C31H32ClN3O4/c1-21(36)34-15-14-26-11-12-27(35(26)17-22-6-9-25(32)10-7-22)19-33(18-24-4-2-3-5-28(24)34)31(37)23-8-13-29-30(16-23)39-20-38-29/h2-10,13,16,26-27H,11-12,14-15,17-20H2,1H3/t26-,27+/m1/s1. The highest BCUT2D eigenvalue weighted by Gasteiger charge is 2.37. The molecule has 3 aromatic carbocycles. The van der Waals surface area contributed by atoms with Gasteiger partial charge < -0.3 is 19.3 Å². The maximum Gasteiger partial charge on any atom is 0.254 e. The highest BCUT2D eigenvalue weighted by atomic mass is 35.5. The van der Waals surface area contributed by atoms with E-state index in [-0.39, 0.29) is 24.6 Å². The summed E-state index contributed by atoms with van der Waals surface area (Å²) in [6.07, 6.45) is 2.89. The minimum atomic E-state index is -0.0633. The molecule has 0 saturated carbocycles. The first-order chi connectivity index (χ1) is 19.0. The van der Waals surface area contributed by atoms with Crippen LogP contribution in [0.3, 0.4) is 0 Å². The van der Waals surface area contributed by atoms with Crippen LogP contribution in [0.25, 0.3) is 0 Å². The second-order valence-electron chi connectivity index (χ2n) is 10.5. The van der Waals surface area contributed by atoms with Gasteiger partial charge in [0.25, 0.3) is 5.91 Å². The molecule has 8 heteroatoms. The summed E-state index contributed by atoms with van der Waals surface area (Å²) >= 11 is 6.15. The number of carbonyl (C=O) groups is 2. The number of fused-ring (bicyclic) bond motifs is 4. The SMILES string of the molecule is CC(=O)N1CC[C@H]2CC[C@@H](CN(C(=O)c3ccc4c(c3)OCO4)Cc3ccccc31)N2Cc1ccc(Cl)cc1. The van der Waals surface area contributed by atoms with Gasteiger partial charge in [0, 0.05) is 61.5 Å². The summed E-state index contributed by atoms with van der Waals surface area (Å²) in [7, 11) is 0. The zero-order valence-corrected chi connectivity index (χ0v) is 22.8. The second kappa shape index (κ2) is 10.9. The summed E-state index contributed by atoms with van der Waals surface area (Å²) in [6.45, 7) is 4.18. The van der Waals surface area contributed by atoms with Gasteiger partial charge in [-0.2, -0.15) is 0 Å². The lowest BCUT2D eigenvalue weighted by molar-refractivity contribution is -0.116. The number of carbonyl (C=O) groups excluding carboxylic acids is 2. The lowest BCUT2D eigenvalue weighted by atomic mass is 10.1. The number of nitrogens with zero attached hydrogens (tertiary/aromatic N) is 3. The highest BCUT2D eigenvalue weighted by molar-refractivity contribution is 6.30. The van der Waals surface area contributed by atoms with Crippen molar-refractivity contribution in [2.45, 2.75) is 51.4 Å². The highest BCUT2D eigenvalue weighted by Crippen LogP contribution is 2.35. The second-order valence-corrected chi connectivity index (χ2v) is 11.0. The Kier molecular flexibility index (Phi) is 7.19. The zero-order valence-electron chi connectivity index (χ0n) is 22.0. The number of rotatable bonds is 3. The van der Waals surface area contributed by atoms with E-state index in [0.717, 1.165) is 42.1 Å². The van der Waals surface area contributed by atoms with Gasteiger partial charge in [0.05, 0.1) is 0 Å². The lowest BCUT2D eigenvalue weighted by Gasteiger charge is -2.34. The molecule has 3 aliphatic rings. The molecular weight excluding hydrogens is 514 g/mol. The van der Waals surface area contributed by atoms with Gasteiger partial charge in [0.1, 0.15) is 0 Å². The molecule has 3 aliphatic heterocycles. The molecular formula is C31H32ClN3O4. The number of halogens is 1. The predicted molar refractivity (Wildman–Crippen MR) is 150 cm³/mol. The van der Waals surface area contributed by atoms with E-state index in [0.29, 0.717) is 42.7 Å². The number of hydrogen-bond donors (Lipinski definition) is 0. The van der Waals surface area contributed by atoms with Crippen LogP contribution in [-0.4, -0.2) is 53.6 Å². The Morgan fingerprint density at radius 2 is 1.69 bits per heavy atom. The number of hydrogen-bond acceptors (Lipinski definition) is 5. The molecule has 1 saturated heterocycles. The average molecular weight is 546 g/mol. The molecule has 2 amide bonds. The largest absolute Gasteiger partial charge is 0.454 e. The fourth-order valence-corrected chi connectivity index (χ4v) is 6.23. The molecule has 0 N–H and O–H groups in total. The lowest BCUT2D eigenvalue weighted by Crippen LogP contribution is -2.45.